The Morgan fingerprint density at radius 1 is 1.36 bits per heavy atom. The minimum absolute atomic E-state index is 0.0939. The van der Waals surface area contributed by atoms with Crippen LogP contribution in [0.2, 0.25) is 0 Å². The molecule has 2 saturated heterocycles. The highest BCUT2D eigenvalue weighted by Gasteiger charge is 2.46. The molecule has 25 heavy (non-hydrogen) atoms. The SMILES string of the molecule is CC(C)=CCN1CC[C@@H](O)[C@]2(CCCN(C(=O)Cn3cccn3)C2)C1. The van der Waals surface area contributed by atoms with E-state index in [0.717, 1.165) is 45.4 Å². The lowest BCUT2D eigenvalue weighted by atomic mass is 9.71. The van der Waals surface area contributed by atoms with E-state index in [1.807, 2.05) is 17.2 Å². The zero-order chi connectivity index (χ0) is 17.9. The fourth-order valence-corrected chi connectivity index (χ4v) is 4.11. The molecule has 2 fully saturated rings. The second-order valence-corrected chi connectivity index (χ2v) is 7.81. The molecule has 2 atom stereocenters. The zero-order valence-corrected chi connectivity index (χ0v) is 15.4. The molecular weight excluding hydrogens is 316 g/mol. The Hall–Kier alpha value is -1.66. The number of aromatic nitrogens is 2. The molecule has 0 bridgehead atoms. The predicted octanol–water partition coefficient (Wildman–Crippen LogP) is 1.52. The first-order valence-corrected chi connectivity index (χ1v) is 9.27. The summed E-state index contributed by atoms with van der Waals surface area (Å²) in [4.78, 5) is 17.0. The highest BCUT2D eigenvalue weighted by atomic mass is 16.3. The molecule has 2 aliphatic heterocycles. The van der Waals surface area contributed by atoms with Gasteiger partial charge in [-0.1, -0.05) is 11.6 Å². The number of carbonyl (C=O) groups excluding carboxylic acids is 1. The predicted molar refractivity (Wildman–Crippen MR) is 97.0 cm³/mol. The average Bonchev–Trinajstić information content (AvgIpc) is 3.09. The van der Waals surface area contributed by atoms with Gasteiger partial charge >= 0.3 is 0 Å². The number of piperidine rings is 2. The Balaban J connectivity index is 1.66. The van der Waals surface area contributed by atoms with Gasteiger partial charge in [0, 0.05) is 50.5 Å². The maximum absolute atomic E-state index is 12.7. The van der Waals surface area contributed by atoms with Gasteiger partial charge in [0.2, 0.25) is 5.91 Å². The van der Waals surface area contributed by atoms with Gasteiger partial charge in [-0.3, -0.25) is 14.4 Å². The Bertz CT molecular complexity index is 609. The molecule has 0 aliphatic carbocycles. The summed E-state index contributed by atoms with van der Waals surface area (Å²) >= 11 is 0. The van der Waals surface area contributed by atoms with Gasteiger partial charge in [0.1, 0.15) is 6.54 Å². The third kappa shape index (κ3) is 4.30. The molecule has 1 amide bonds. The fraction of sp³-hybridized carbons (Fsp3) is 0.684. The summed E-state index contributed by atoms with van der Waals surface area (Å²) < 4.78 is 1.67. The fourth-order valence-electron chi connectivity index (χ4n) is 4.11. The number of carbonyl (C=O) groups is 1. The van der Waals surface area contributed by atoms with Crippen molar-refractivity contribution in [2.45, 2.75) is 45.8 Å². The van der Waals surface area contributed by atoms with Gasteiger partial charge < -0.3 is 10.0 Å². The van der Waals surface area contributed by atoms with Crippen molar-refractivity contribution >= 4 is 5.91 Å². The number of allylic oxidation sites excluding steroid dienone is 1. The minimum atomic E-state index is -0.323. The van der Waals surface area contributed by atoms with E-state index < -0.39 is 0 Å². The lowest BCUT2D eigenvalue weighted by Gasteiger charge is -2.51. The molecule has 0 radical (unpaired) electrons. The zero-order valence-electron chi connectivity index (χ0n) is 15.4. The van der Waals surface area contributed by atoms with Gasteiger partial charge in [-0.2, -0.15) is 5.10 Å². The molecular formula is C19H30N4O2. The lowest BCUT2D eigenvalue weighted by molar-refractivity contribution is -0.142. The van der Waals surface area contributed by atoms with Crippen LogP contribution in [0.25, 0.3) is 0 Å². The van der Waals surface area contributed by atoms with Crippen molar-refractivity contribution in [1.82, 2.24) is 19.6 Å². The van der Waals surface area contributed by atoms with E-state index in [-0.39, 0.29) is 24.0 Å². The van der Waals surface area contributed by atoms with E-state index in [1.165, 1.54) is 5.57 Å². The molecule has 138 valence electrons. The van der Waals surface area contributed by atoms with Crippen LogP contribution >= 0.6 is 0 Å². The maximum atomic E-state index is 12.7. The van der Waals surface area contributed by atoms with Crippen LogP contribution in [0.15, 0.2) is 30.1 Å². The molecule has 1 aromatic heterocycles. The molecule has 1 N–H and O–H groups in total. The Kier molecular flexibility index (Phi) is 5.59. The summed E-state index contributed by atoms with van der Waals surface area (Å²) in [6, 6.07) is 1.83. The van der Waals surface area contributed by atoms with Crippen LogP contribution in [0.3, 0.4) is 0 Å². The van der Waals surface area contributed by atoms with E-state index >= 15 is 0 Å². The van der Waals surface area contributed by atoms with Crippen molar-refractivity contribution in [1.29, 1.82) is 0 Å². The van der Waals surface area contributed by atoms with Gasteiger partial charge in [-0.15, -0.1) is 0 Å². The number of likely N-dealkylation sites (tertiary alicyclic amines) is 2. The van der Waals surface area contributed by atoms with Crippen molar-refractivity contribution in [2.75, 3.05) is 32.7 Å². The van der Waals surface area contributed by atoms with Crippen LogP contribution in [0.5, 0.6) is 0 Å². The molecule has 3 heterocycles. The Morgan fingerprint density at radius 3 is 2.92 bits per heavy atom. The van der Waals surface area contributed by atoms with Gasteiger partial charge in [0.25, 0.3) is 0 Å². The van der Waals surface area contributed by atoms with Crippen molar-refractivity contribution in [3.8, 4) is 0 Å². The molecule has 2 aliphatic rings. The van der Waals surface area contributed by atoms with Crippen LogP contribution < -0.4 is 0 Å². The summed E-state index contributed by atoms with van der Waals surface area (Å²) in [6.45, 7) is 8.66. The second-order valence-electron chi connectivity index (χ2n) is 7.81. The summed E-state index contributed by atoms with van der Waals surface area (Å²) in [5.74, 6) is 0.0939. The summed E-state index contributed by atoms with van der Waals surface area (Å²) in [5.41, 5.74) is 1.13. The number of amides is 1. The lowest BCUT2D eigenvalue weighted by Crippen LogP contribution is -2.60. The van der Waals surface area contributed by atoms with Crippen molar-refractivity contribution in [3.63, 3.8) is 0 Å². The summed E-state index contributed by atoms with van der Waals surface area (Å²) in [5, 5.41) is 14.9. The molecule has 3 rings (SSSR count). The molecule has 0 saturated carbocycles. The number of hydrogen-bond donors (Lipinski definition) is 1. The highest BCUT2D eigenvalue weighted by molar-refractivity contribution is 5.76. The highest BCUT2D eigenvalue weighted by Crippen LogP contribution is 2.38. The number of aliphatic hydroxyl groups is 1. The number of aliphatic hydroxyl groups excluding tert-OH is 1. The van der Waals surface area contributed by atoms with Crippen LogP contribution in [-0.2, 0) is 11.3 Å². The van der Waals surface area contributed by atoms with E-state index in [9.17, 15) is 9.90 Å². The molecule has 6 nitrogen and oxygen atoms in total. The molecule has 1 aromatic rings. The summed E-state index contributed by atoms with van der Waals surface area (Å²) in [6.07, 6.45) is 8.16. The van der Waals surface area contributed by atoms with Crippen molar-refractivity contribution in [3.05, 3.63) is 30.1 Å². The number of nitrogens with zero attached hydrogens (tertiary/aromatic N) is 4. The Labute approximate surface area is 150 Å². The van der Waals surface area contributed by atoms with Crippen molar-refractivity contribution in [2.24, 2.45) is 5.41 Å². The van der Waals surface area contributed by atoms with Crippen molar-refractivity contribution < 1.29 is 9.90 Å². The van der Waals surface area contributed by atoms with Crippen LogP contribution in [0.4, 0.5) is 0 Å². The Morgan fingerprint density at radius 2 is 2.20 bits per heavy atom. The largest absolute Gasteiger partial charge is 0.392 e. The smallest absolute Gasteiger partial charge is 0.244 e. The van der Waals surface area contributed by atoms with Crippen LogP contribution in [0, 0.1) is 5.41 Å². The van der Waals surface area contributed by atoms with Gasteiger partial charge in [-0.05, 0) is 39.2 Å². The van der Waals surface area contributed by atoms with E-state index in [4.69, 9.17) is 0 Å². The first kappa shape index (κ1) is 18.1. The number of hydrogen-bond acceptors (Lipinski definition) is 4. The quantitative estimate of drug-likeness (QED) is 0.840. The maximum Gasteiger partial charge on any atom is 0.244 e. The van der Waals surface area contributed by atoms with Gasteiger partial charge in [-0.25, -0.2) is 0 Å². The monoisotopic (exact) mass is 346 g/mol. The molecule has 1 spiro atoms. The normalized spacial score (nSPS) is 27.5. The topological polar surface area (TPSA) is 61.6 Å². The molecule has 0 aromatic carbocycles. The standard InChI is InChI=1S/C19H30N4O2/c1-16(2)5-11-21-12-6-17(24)19(14-21)7-3-9-22(15-19)18(25)13-23-10-4-8-20-23/h4-5,8,10,17,24H,3,6-7,9,11-15H2,1-2H3/t17-,19-/m1/s1. The average molecular weight is 346 g/mol. The number of rotatable bonds is 4. The van der Waals surface area contributed by atoms with Gasteiger partial charge in [0.05, 0.1) is 6.10 Å². The molecule has 0 unspecified atom stereocenters. The third-order valence-corrected chi connectivity index (χ3v) is 5.54. The second kappa shape index (κ2) is 7.70. The van der Waals surface area contributed by atoms with E-state index in [2.05, 4.69) is 29.9 Å². The van der Waals surface area contributed by atoms with Crippen LogP contribution in [-0.4, -0.2) is 69.4 Å². The van der Waals surface area contributed by atoms with Crippen LogP contribution in [0.1, 0.15) is 33.1 Å². The first-order valence-electron chi connectivity index (χ1n) is 9.27. The van der Waals surface area contributed by atoms with E-state index in [0.29, 0.717) is 6.54 Å². The molecule has 6 heteroatoms. The first-order chi connectivity index (χ1) is 12.0. The van der Waals surface area contributed by atoms with Gasteiger partial charge in [0.15, 0.2) is 0 Å². The summed E-state index contributed by atoms with van der Waals surface area (Å²) in [7, 11) is 0. The van der Waals surface area contributed by atoms with E-state index in [1.54, 1.807) is 10.9 Å². The third-order valence-electron chi connectivity index (χ3n) is 5.54. The minimum Gasteiger partial charge on any atom is -0.392 e.